The summed E-state index contributed by atoms with van der Waals surface area (Å²) >= 11 is 0. The van der Waals surface area contributed by atoms with Gasteiger partial charge in [-0.1, -0.05) is 25.5 Å². The van der Waals surface area contributed by atoms with Crippen molar-refractivity contribution in [1.29, 1.82) is 0 Å². The third-order valence-corrected chi connectivity index (χ3v) is 13.9. The van der Waals surface area contributed by atoms with Crippen molar-refractivity contribution in [2.45, 2.75) is 157 Å². The molecular formula is C37H60O18. The van der Waals surface area contributed by atoms with Gasteiger partial charge in [0.25, 0.3) is 0 Å². The molecule has 0 aromatic carbocycles. The maximum Gasteiger partial charge on any atom is 0.314 e. The van der Waals surface area contributed by atoms with Gasteiger partial charge in [0.1, 0.15) is 67.1 Å². The summed E-state index contributed by atoms with van der Waals surface area (Å²) in [4.78, 5) is 14.5. The lowest BCUT2D eigenvalue weighted by Crippen LogP contribution is -2.65. The van der Waals surface area contributed by atoms with Crippen LogP contribution in [0.4, 0.5) is 0 Å². The predicted molar refractivity (Wildman–Crippen MR) is 184 cm³/mol. The average Bonchev–Trinajstić information content (AvgIpc) is 3.16. The average molecular weight is 793 g/mol. The Morgan fingerprint density at radius 1 is 0.691 bits per heavy atom. The highest BCUT2D eigenvalue weighted by atomic mass is 16.8. The molecular weight excluding hydrogens is 732 g/mol. The Bertz CT molecular complexity index is 1350. The molecule has 20 atom stereocenters. The first-order valence-corrected chi connectivity index (χ1v) is 19.3. The summed E-state index contributed by atoms with van der Waals surface area (Å²) in [5.74, 6) is -0.901. The number of hydrogen-bond acceptors (Lipinski definition) is 18. The molecule has 316 valence electrons. The van der Waals surface area contributed by atoms with Crippen molar-refractivity contribution < 1.29 is 89.4 Å². The molecule has 6 rings (SSSR count). The van der Waals surface area contributed by atoms with Crippen molar-refractivity contribution in [1.82, 2.24) is 0 Å². The lowest BCUT2D eigenvalue weighted by molar-refractivity contribution is -0.363. The monoisotopic (exact) mass is 792 g/mol. The van der Waals surface area contributed by atoms with Crippen molar-refractivity contribution in [2.24, 2.45) is 28.1 Å². The van der Waals surface area contributed by atoms with Crippen LogP contribution in [0.1, 0.15) is 65.2 Å². The van der Waals surface area contributed by atoms with Gasteiger partial charge in [-0.15, -0.1) is 0 Å². The van der Waals surface area contributed by atoms with Gasteiger partial charge in [0, 0.05) is 5.41 Å². The summed E-state index contributed by atoms with van der Waals surface area (Å²) < 4.78 is 34.9. The summed E-state index contributed by atoms with van der Waals surface area (Å²) in [7, 11) is 0. The molecule has 18 nitrogen and oxygen atoms in total. The molecule has 0 aromatic heterocycles. The van der Waals surface area contributed by atoms with E-state index in [-0.39, 0.29) is 18.4 Å². The minimum absolute atomic E-state index is 0.00509. The second kappa shape index (κ2) is 16.7. The third-order valence-electron chi connectivity index (χ3n) is 13.9. The fourth-order valence-corrected chi connectivity index (χ4v) is 10.9. The molecule has 0 spiro atoms. The van der Waals surface area contributed by atoms with Crippen LogP contribution in [0.5, 0.6) is 0 Å². The number of hydrogen-bond donors (Lipinski definition) is 11. The number of aliphatic hydroxyl groups is 11. The molecule has 6 aliphatic rings. The van der Waals surface area contributed by atoms with Crippen molar-refractivity contribution in [3.8, 4) is 0 Å². The highest BCUT2D eigenvalue weighted by Gasteiger charge is 2.64. The number of ether oxygens (including phenoxy) is 6. The number of allylic oxidation sites excluding steroid dienone is 1. The van der Waals surface area contributed by atoms with Gasteiger partial charge in [0.05, 0.1) is 31.8 Å². The first kappa shape index (κ1) is 43.2. The Balaban J connectivity index is 1.22. The molecule has 55 heavy (non-hydrogen) atoms. The molecule has 0 amide bonds. The van der Waals surface area contributed by atoms with E-state index in [1.165, 1.54) is 0 Å². The van der Waals surface area contributed by atoms with Gasteiger partial charge in [-0.2, -0.15) is 0 Å². The fourth-order valence-electron chi connectivity index (χ4n) is 10.9. The predicted octanol–water partition coefficient (Wildman–Crippen LogP) is -3.08. The molecule has 3 heterocycles. The van der Waals surface area contributed by atoms with E-state index in [4.69, 9.17) is 28.4 Å². The van der Waals surface area contributed by atoms with E-state index in [0.717, 1.165) is 24.8 Å². The maximum absolute atomic E-state index is 14.5. The lowest BCUT2D eigenvalue weighted by Gasteiger charge is -2.64. The van der Waals surface area contributed by atoms with Gasteiger partial charge in [-0.3, -0.25) is 4.79 Å². The quantitative estimate of drug-likeness (QED) is 0.0772. The SMILES string of the molecule is C=C1CC[C@@H]2C(COC3OC(CO)C(O)C(O)C3O)(CCC3[C@](C)(C(=O)OC4OC(CO)C(O)C(O)C4OC4OC(CO)C(O)C(O)C4O)CCC[C@]32C)C1. The zero-order chi connectivity index (χ0) is 40.2. The Morgan fingerprint density at radius 2 is 1.24 bits per heavy atom. The molecule has 6 fully saturated rings. The summed E-state index contributed by atoms with van der Waals surface area (Å²) in [6.07, 6.45) is -18.8. The van der Waals surface area contributed by atoms with E-state index >= 15 is 0 Å². The number of aliphatic hydroxyl groups excluding tert-OH is 11. The van der Waals surface area contributed by atoms with Crippen molar-refractivity contribution in [3.05, 3.63) is 12.2 Å². The maximum atomic E-state index is 14.5. The van der Waals surface area contributed by atoms with Crippen LogP contribution in [0.3, 0.4) is 0 Å². The molecule has 3 aliphatic carbocycles. The fraction of sp³-hybridized carbons (Fsp3) is 0.919. The van der Waals surface area contributed by atoms with Gasteiger partial charge < -0.3 is 84.6 Å². The topological polar surface area (TPSA) is 295 Å². The van der Waals surface area contributed by atoms with Crippen LogP contribution in [0.15, 0.2) is 12.2 Å². The smallest absolute Gasteiger partial charge is 0.314 e. The zero-order valence-electron chi connectivity index (χ0n) is 31.3. The van der Waals surface area contributed by atoms with Crippen LogP contribution in [0, 0.1) is 28.1 Å². The van der Waals surface area contributed by atoms with Gasteiger partial charge in [-0.05, 0) is 69.1 Å². The summed E-state index contributed by atoms with van der Waals surface area (Å²) in [5.41, 5.74) is -0.981. The van der Waals surface area contributed by atoms with E-state index < -0.39 is 134 Å². The van der Waals surface area contributed by atoms with E-state index in [9.17, 15) is 61.0 Å². The molecule has 18 heteroatoms. The highest BCUT2D eigenvalue weighted by molar-refractivity contribution is 5.77. The minimum Gasteiger partial charge on any atom is -0.432 e. The first-order valence-electron chi connectivity index (χ1n) is 19.3. The van der Waals surface area contributed by atoms with Crippen LogP contribution < -0.4 is 0 Å². The molecule has 11 N–H and O–H groups in total. The van der Waals surface area contributed by atoms with Gasteiger partial charge in [0.2, 0.25) is 6.29 Å². The van der Waals surface area contributed by atoms with E-state index in [1.807, 2.05) is 6.92 Å². The van der Waals surface area contributed by atoms with E-state index in [2.05, 4.69) is 13.5 Å². The highest BCUT2D eigenvalue weighted by Crippen LogP contribution is 2.68. The van der Waals surface area contributed by atoms with Gasteiger partial charge in [-0.25, -0.2) is 0 Å². The van der Waals surface area contributed by atoms with Crippen molar-refractivity contribution >= 4 is 5.97 Å². The Kier molecular flexibility index (Phi) is 13.1. The zero-order valence-corrected chi connectivity index (χ0v) is 31.3. The Labute approximate surface area is 319 Å². The number of carbonyl (C=O) groups excluding carboxylic acids is 1. The van der Waals surface area contributed by atoms with Crippen molar-refractivity contribution in [2.75, 3.05) is 26.4 Å². The molecule has 0 radical (unpaired) electrons. The summed E-state index contributed by atoms with van der Waals surface area (Å²) in [6, 6.07) is 0. The lowest BCUT2D eigenvalue weighted by atomic mass is 9.40. The normalized spacial score (nSPS) is 51.9. The second-order valence-corrected chi connectivity index (χ2v) is 17.2. The Hall–Kier alpha value is -1.43. The number of fused-ring (bicyclic) bond motifs is 3. The standard InChI is InChI=1S/C37H60O18/c1-16-5-6-21-35(2)8-4-9-36(3,20(35)7-10-37(21,11-16)15-50-31-28(47)25(44)22(41)17(12-38)51-31)34(49)55-33-30(27(46)24(43)19(14-40)53-33)54-32-29(48)26(45)23(42)18(13-39)52-32/h17-33,38-48H,1,4-15H2,2-3H3/t17?,18?,19?,20?,21-,22?,23?,24?,25?,26?,27?,28?,29?,30?,31?,32?,33?,35+,36+,37?/m0/s1. The third kappa shape index (κ3) is 7.65. The van der Waals surface area contributed by atoms with Crippen LogP contribution in [-0.4, -0.2) is 181 Å². The molecule has 3 aliphatic heterocycles. The number of rotatable bonds is 10. The van der Waals surface area contributed by atoms with Crippen LogP contribution in [0.2, 0.25) is 0 Å². The summed E-state index contributed by atoms with van der Waals surface area (Å²) in [5, 5.41) is 114. The minimum atomic E-state index is -1.87. The number of carbonyl (C=O) groups is 1. The first-order chi connectivity index (χ1) is 26.0. The van der Waals surface area contributed by atoms with E-state index in [0.29, 0.717) is 32.1 Å². The second-order valence-electron chi connectivity index (χ2n) is 17.2. The summed E-state index contributed by atoms with van der Waals surface area (Å²) in [6.45, 7) is 6.30. The molecule has 17 unspecified atom stereocenters. The van der Waals surface area contributed by atoms with Crippen LogP contribution >= 0.6 is 0 Å². The van der Waals surface area contributed by atoms with E-state index in [1.54, 1.807) is 0 Å². The van der Waals surface area contributed by atoms with Crippen LogP contribution in [-0.2, 0) is 33.2 Å². The number of esters is 1. The molecule has 3 saturated heterocycles. The molecule has 0 aromatic rings. The van der Waals surface area contributed by atoms with Gasteiger partial charge in [0.15, 0.2) is 18.7 Å². The Morgan fingerprint density at radius 3 is 1.84 bits per heavy atom. The van der Waals surface area contributed by atoms with Crippen molar-refractivity contribution in [3.63, 3.8) is 0 Å². The van der Waals surface area contributed by atoms with Crippen LogP contribution in [0.25, 0.3) is 0 Å². The molecule has 0 bridgehead atoms. The largest absolute Gasteiger partial charge is 0.432 e. The van der Waals surface area contributed by atoms with Gasteiger partial charge >= 0.3 is 5.97 Å². The molecule has 3 saturated carbocycles.